The normalized spacial score (nSPS) is 11.0. The van der Waals surface area contributed by atoms with Crippen LogP contribution in [0.3, 0.4) is 0 Å². The van der Waals surface area contributed by atoms with E-state index in [1.165, 1.54) is 12.1 Å². The number of aromatic carboxylic acids is 1. The molecule has 0 saturated carbocycles. The van der Waals surface area contributed by atoms with E-state index in [1.54, 1.807) is 56.5 Å². The number of carbonyl (C=O) groups is 2. The number of methoxy groups -OCH3 is 1. The highest BCUT2D eigenvalue weighted by molar-refractivity contribution is 6.05. The Morgan fingerprint density at radius 2 is 1.74 bits per heavy atom. The molecule has 5 nitrogen and oxygen atoms in total. The maximum absolute atomic E-state index is 12.2. The maximum Gasteiger partial charge on any atom is 0.337 e. The fourth-order valence-corrected chi connectivity index (χ4v) is 2.06. The van der Waals surface area contributed by atoms with Crippen molar-refractivity contribution in [3.63, 3.8) is 0 Å². The van der Waals surface area contributed by atoms with E-state index < -0.39 is 5.97 Å². The lowest BCUT2D eigenvalue weighted by Gasteiger charge is -2.09. The summed E-state index contributed by atoms with van der Waals surface area (Å²) in [6.07, 6.45) is 1.43. The van der Waals surface area contributed by atoms with Gasteiger partial charge in [-0.25, -0.2) is 4.79 Å². The molecule has 5 heteroatoms. The molecule has 0 aliphatic heterocycles. The number of hydrogen-bond acceptors (Lipinski definition) is 4. The van der Waals surface area contributed by atoms with Crippen LogP contribution in [0.15, 0.2) is 60.3 Å². The van der Waals surface area contributed by atoms with E-state index in [0.29, 0.717) is 22.7 Å². The topological polar surface area (TPSA) is 75.6 Å². The highest BCUT2D eigenvalue weighted by atomic mass is 16.5. The van der Waals surface area contributed by atoms with Crippen LogP contribution < -0.4 is 10.1 Å². The lowest BCUT2D eigenvalue weighted by molar-refractivity contribution is 0.0698. The van der Waals surface area contributed by atoms with Crippen molar-refractivity contribution in [3.05, 3.63) is 71.4 Å². The van der Waals surface area contributed by atoms with Crippen LogP contribution in [-0.2, 0) is 0 Å². The number of carboxylic acid groups (broad SMARTS) is 1. The SMILES string of the molecule is COc1ccc(C(=O)/C=C(\C)Nc2ccccc2C(=O)O)cc1. The number of para-hydroxylation sites is 1. The monoisotopic (exact) mass is 311 g/mol. The number of hydrogen-bond donors (Lipinski definition) is 2. The summed E-state index contributed by atoms with van der Waals surface area (Å²) in [6.45, 7) is 1.71. The Morgan fingerprint density at radius 1 is 1.09 bits per heavy atom. The van der Waals surface area contributed by atoms with Gasteiger partial charge in [0.1, 0.15) is 5.75 Å². The Balaban J connectivity index is 2.16. The molecule has 2 N–H and O–H groups in total. The minimum atomic E-state index is -1.03. The van der Waals surface area contributed by atoms with Crippen LogP contribution in [0.2, 0.25) is 0 Å². The lowest BCUT2D eigenvalue weighted by Crippen LogP contribution is -2.06. The number of carbonyl (C=O) groups excluding carboxylic acids is 1. The predicted octanol–water partition coefficient (Wildman–Crippen LogP) is 3.59. The van der Waals surface area contributed by atoms with Crippen molar-refractivity contribution in [2.75, 3.05) is 12.4 Å². The molecule has 0 spiro atoms. The van der Waals surface area contributed by atoms with Gasteiger partial charge in [-0.05, 0) is 43.3 Å². The molecular formula is C18H17NO4. The number of nitrogens with one attached hydrogen (secondary N) is 1. The Morgan fingerprint density at radius 3 is 2.35 bits per heavy atom. The fourth-order valence-electron chi connectivity index (χ4n) is 2.06. The van der Waals surface area contributed by atoms with E-state index in [9.17, 15) is 9.59 Å². The van der Waals surface area contributed by atoms with Crippen molar-refractivity contribution >= 4 is 17.4 Å². The van der Waals surface area contributed by atoms with Gasteiger partial charge in [-0.3, -0.25) is 4.79 Å². The van der Waals surface area contributed by atoms with E-state index in [2.05, 4.69) is 5.32 Å². The van der Waals surface area contributed by atoms with Gasteiger partial charge < -0.3 is 15.2 Å². The van der Waals surface area contributed by atoms with Crippen molar-refractivity contribution in [2.24, 2.45) is 0 Å². The summed E-state index contributed by atoms with van der Waals surface area (Å²) in [7, 11) is 1.56. The van der Waals surface area contributed by atoms with E-state index in [0.717, 1.165) is 0 Å². The number of benzene rings is 2. The molecule has 0 amide bonds. The van der Waals surface area contributed by atoms with Crippen LogP contribution in [0, 0.1) is 0 Å². The summed E-state index contributed by atoms with van der Waals surface area (Å²) in [5.74, 6) is -0.524. The molecule has 2 aromatic rings. The van der Waals surface area contributed by atoms with Gasteiger partial charge in [0.05, 0.1) is 18.4 Å². The minimum absolute atomic E-state index is 0.150. The van der Waals surface area contributed by atoms with Crippen LogP contribution in [0.5, 0.6) is 5.75 Å². The highest BCUT2D eigenvalue weighted by Crippen LogP contribution is 2.18. The van der Waals surface area contributed by atoms with E-state index in [4.69, 9.17) is 9.84 Å². The zero-order valence-corrected chi connectivity index (χ0v) is 12.9. The number of carboxylic acids is 1. The molecule has 0 heterocycles. The molecule has 0 fully saturated rings. The number of ether oxygens (including phenoxy) is 1. The first kappa shape index (κ1) is 16.3. The fraction of sp³-hybridized carbons (Fsp3) is 0.111. The summed E-state index contributed by atoms with van der Waals surface area (Å²) in [4.78, 5) is 23.4. The molecule has 2 rings (SSSR count). The van der Waals surface area contributed by atoms with Crippen LogP contribution in [0.25, 0.3) is 0 Å². The second-order valence-electron chi connectivity index (χ2n) is 4.90. The maximum atomic E-state index is 12.2. The Hall–Kier alpha value is -3.08. The largest absolute Gasteiger partial charge is 0.497 e. The first-order valence-electron chi connectivity index (χ1n) is 6.97. The summed E-state index contributed by atoms with van der Waals surface area (Å²) in [5, 5.41) is 12.1. The van der Waals surface area contributed by atoms with Crippen molar-refractivity contribution < 1.29 is 19.4 Å². The summed E-state index contributed by atoms with van der Waals surface area (Å²) in [6, 6.07) is 13.3. The third-order valence-electron chi connectivity index (χ3n) is 3.21. The van der Waals surface area contributed by atoms with Gasteiger partial charge in [-0.15, -0.1) is 0 Å². The zero-order valence-electron chi connectivity index (χ0n) is 12.9. The predicted molar refractivity (Wildman–Crippen MR) is 88.1 cm³/mol. The molecule has 0 saturated heterocycles. The molecule has 0 atom stereocenters. The quantitative estimate of drug-likeness (QED) is 0.630. The number of ketones is 1. The van der Waals surface area contributed by atoms with Crippen LogP contribution >= 0.6 is 0 Å². The second-order valence-corrected chi connectivity index (χ2v) is 4.90. The van der Waals surface area contributed by atoms with Crippen molar-refractivity contribution in [1.82, 2.24) is 0 Å². The van der Waals surface area contributed by atoms with E-state index >= 15 is 0 Å². The van der Waals surface area contributed by atoms with E-state index in [1.807, 2.05) is 0 Å². The summed E-state index contributed by atoms with van der Waals surface area (Å²) < 4.78 is 5.05. The van der Waals surface area contributed by atoms with E-state index in [-0.39, 0.29) is 11.3 Å². The molecule has 0 aliphatic carbocycles. The second kappa shape index (κ2) is 7.26. The molecule has 0 aromatic heterocycles. The number of allylic oxidation sites excluding steroid dienone is 2. The van der Waals surface area contributed by atoms with Gasteiger partial charge in [0.15, 0.2) is 5.78 Å². The number of rotatable bonds is 6. The molecule has 118 valence electrons. The Bertz CT molecular complexity index is 748. The van der Waals surface area contributed by atoms with Crippen molar-refractivity contribution in [3.8, 4) is 5.75 Å². The Kier molecular flexibility index (Phi) is 5.15. The average Bonchev–Trinajstić information content (AvgIpc) is 2.55. The first-order chi connectivity index (χ1) is 11.0. The molecule has 0 bridgehead atoms. The summed E-state index contributed by atoms with van der Waals surface area (Å²) >= 11 is 0. The van der Waals surface area contributed by atoms with Gasteiger partial charge in [0, 0.05) is 17.3 Å². The van der Waals surface area contributed by atoms with Gasteiger partial charge in [0.25, 0.3) is 0 Å². The average molecular weight is 311 g/mol. The Labute approximate surface area is 134 Å². The zero-order chi connectivity index (χ0) is 16.8. The lowest BCUT2D eigenvalue weighted by atomic mass is 10.1. The van der Waals surface area contributed by atoms with Gasteiger partial charge >= 0.3 is 5.97 Å². The standard InChI is InChI=1S/C18H17NO4/c1-12(19-16-6-4-3-5-15(16)18(21)22)11-17(20)13-7-9-14(23-2)10-8-13/h3-11,19H,1-2H3,(H,21,22)/b12-11+. The smallest absolute Gasteiger partial charge is 0.337 e. The van der Waals surface area contributed by atoms with Crippen molar-refractivity contribution in [1.29, 1.82) is 0 Å². The van der Waals surface area contributed by atoms with Gasteiger partial charge in [-0.2, -0.15) is 0 Å². The molecule has 0 unspecified atom stereocenters. The summed E-state index contributed by atoms with van der Waals surface area (Å²) in [5.41, 5.74) is 1.67. The third kappa shape index (κ3) is 4.20. The van der Waals surface area contributed by atoms with Crippen LogP contribution in [0.4, 0.5) is 5.69 Å². The molecular weight excluding hydrogens is 294 g/mol. The van der Waals surface area contributed by atoms with Crippen LogP contribution in [-0.4, -0.2) is 24.0 Å². The molecule has 2 aromatic carbocycles. The molecule has 23 heavy (non-hydrogen) atoms. The highest BCUT2D eigenvalue weighted by Gasteiger charge is 2.09. The van der Waals surface area contributed by atoms with Crippen molar-refractivity contribution in [2.45, 2.75) is 6.92 Å². The molecule has 0 radical (unpaired) electrons. The van der Waals surface area contributed by atoms with Gasteiger partial charge in [-0.1, -0.05) is 12.1 Å². The van der Waals surface area contributed by atoms with Crippen LogP contribution in [0.1, 0.15) is 27.6 Å². The molecule has 0 aliphatic rings. The first-order valence-corrected chi connectivity index (χ1v) is 6.97. The van der Waals surface area contributed by atoms with Gasteiger partial charge in [0.2, 0.25) is 0 Å². The number of anilines is 1. The third-order valence-corrected chi connectivity index (χ3v) is 3.21. The minimum Gasteiger partial charge on any atom is -0.497 e.